The molecule has 24 heavy (non-hydrogen) atoms. The van der Waals surface area contributed by atoms with Crippen molar-refractivity contribution in [2.24, 2.45) is 5.92 Å². The first kappa shape index (κ1) is 19.9. The number of allylic oxidation sites excluding steroid dienone is 1. The van der Waals surface area contributed by atoms with E-state index in [1.165, 1.54) is 0 Å². The Morgan fingerprint density at radius 1 is 1.17 bits per heavy atom. The minimum atomic E-state index is -0.271. The van der Waals surface area contributed by atoms with Crippen LogP contribution < -0.4 is 9.47 Å². The molecule has 1 aromatic rings. The highest BCUT2D eigenvalue weighted by atomic mass is 16.5. The summed E-state index contributed by atoms with van der Waals surface area (Å²) in [7, 11) is 3.14. The fourth-order valence-corrected chi connectivity index (χ4v) is 2.81. The summed E-state index contributed by atoms with van der Waals surface area (Å²) in [5.74, 6) is 0.938. The second-order valence-electron chi connectivity index (χ2n) is 6.11. The van der Waals surface area contributed by atoms with E-state index < -0.39 is 0 Å². The van der Waals surface area contributed by atoms with Gasteiger partial charge in [-0.2, -0.15) is 0 Å². The molecule has 1 rings (SSSR count). The molecule has 0 aliphatic heterocycles. The van der Waals surface area contributed by atoms with Crippen LogP contribution in [-0.2, 0) is 11.2 Å². The largest absolute Gasteiger partial charge is 0.493 e. The highest BCUT2D eigenvalue weighted by molar-refractivity contribution is 6.00. The van der Waals surface area contributed by atoms with Crippen molar-refractivity contribution in [3.8, 4) is 11.5 Å². The molecule has 0 heterocycles. The van der Waals surface area contributed by atoms with Crippen LogP contribution in [0.5, 0.6) is 11.5 Å². The first-order valence-electron chi connectivity index (χ1n) is 8.27. The van der Waals surface area contributed by atoms with Crippen LogP contribution in [0.4, 0.5) is 0 Å². The molecule has 0 N–H and O–H groups in total. The number of Topliss-reactive ketones (excluding diaryl/α,β-unsaturated/α-hetero) is 2. The Balaban J connectivity index is 3.09. The van der Waals surface area contributed by atoms with Crippen molar-refractivity contribution < 1.29 is 19.1 Å². The lowest BCUT2D eigenvalue weighted by atomic mass is 9.88. The molecule has 1 aromatic carbocycles. The van der Waals surface area contributed by atoms with Crippen molar-refractivity contribution in [3.63, 3.8) is 0 Å². The fourth-order valence-electron chi connectivity index (χ4n) is 2.81. The first-order chi connectivity index (χ1) is 11.3. The quantitative estimate of drug-likeness (QED) is 0.471. The number of hydrogen-bond donors (Lipinski definition) is 0. The lowest BCUT2D eigenvalue weighted by Crippen LogP contribution is -2.17. The lowest BCUT2D eigenvalue weighted by molar-refractivity contribution is -0.120. The van der Waals surface area contributed by atoms with Gasteiger partial charge in [0.05, 0.1) is 14.2 Å². The molecule has 4 heteroatoms. The predicted molar refractivity (Wildman–Crippen MR) is 96.1 cm³/mol. The molecule has 0 bridgehead atoms. The van der Waals surface area contributed by atoms with Crippen molar-refractivity contribution in [2.75, 3.05) is 14.2 Å². The molecule has 0 amide bonds. The maximum absolute atomic E-state index is 12.8. The van der Waals surface area contributed by atoms with Crippen molar-refractivity contribution in [1.29, 1.82) is 0 Å². The number of carbonyl (C=O) groups excluding carboxylic acids is 2. The van der Waals surface area contributed by atoms with Crippen LogP contribution in [0.15, 0.2) is 24.3 Å². The minimum Gasteiger partial charge on any atom is -0.493 e. The average Bonchev–Trinajstić information content (AvgIpc) is 2.56. The Bertz CT molecular complexity index is 616. The summed E-state index contributed by atoms with van der Waals surface area (Å²) >= 11 is 0. The highest BCUT2D eigenvalue weighted by Gasteiger charge is 2.23. The zero-order valence-corrected chi connectivity index (χ0v) is 15.4. The van der Waals surface area contributed by atoms with Gasteiger partial charge in [0.25, 0.3) is 0 Å². The van der Waals surface area contributed by atoms with E-state index in [2.05, 4.69) is 6.58 Å². The Hall–Kier alpha value is -2.10. The molecule has 0 aliphatic carbocycles. The smallest absolute Gasteiger partial charge is 0.164 e. The Labute approximate surface area is 144 Å². The van der Waals surface area contributed by atoms with Crippen molar-refractivity contribution >= 4 is 11.6 Å². The van der Waals surface area contributed by atoms with Crippen LogP contribution in [0.3, 0.4) is 0 Å². The second-order valence-corrected chi connectivity index (χ2v) is 6.11. The van der Waals surface area contributed by atoms with Crippen LogP contribution in [0, 0.1) is 5.92 Å². The summed E-state index contributed by atoms with van der Waals surface area (Å²) in [6, 6.07) is 3.50. The van der Waals surface area contributed by atoms with Crippen molar-refractivity contribution in [1.82, 2.24) is 0 Å². The Kier molecular flexibility index (Phi) is 7.69. The number of hydrogen-bond acceptors (Lipinski definition) is 4. The van der Waals surface area contributed by atoms with Crippen LogP contribution >= 0.6 is 0 Å². The molecule has 0 saturated carbocycles. The van der Waals surface area contributed by atoms with Crippen molar-refractivity contribution in [3.05, 3.63) is 35.4 Å². The van der Waals surface area contributed by atoms with Gasteiger partial charge in [-0.1, -0.05) is 12.5 Å². The standard InChI is InChI=1S/C20H28O4/c1-7-16-17(10-11-19(23-5)20(16)24-6)18(22)12-15(14(4)21)9-8-13(2)3/h10-11,15H,2,7-9,12H2,1,3-6H3. The van der Waals surface area contributed by atoms with E-state index >= 15 is 0 Å². The maximum Gasteiger partial charge on any atom is 0.164 e. The van der Waals surface area contributed by atoms with Gasteiger partial charge in [0.1, 0.15) is 5.78 Å². The molecule has 132 valence electrons. The lowest BCUT2D eigenvalue weighted by Gasteiger charge is -2.17. The molecular weight excluding hydrogens is 304 g/mol. The van der Waals surface area contributed by atoms with E-state index in [0.29, 0.717) is 29.9 Å². The first-order valence-corrected chi connectivity index (χ1v) is 8.27. The van der Waals surface area contributed by atoms with Crippen LogP contribution in [0.1, 0.15) is 56.0 Å². The zero-order chi connectivity index (χ0) is 18.3. The number of benzene rings is 1. The molecular formula is C20H28O4. The molecule has 0 aromatic heterocycles. The minimum absolute atomic E-state index is 0.0327. The summed E-state index contributed by atoms with van der Waals surface area (Å²) in [4.78, 5) is 24.7. The van der Waals surface area contributed by atoms with Gasteiger partial charge in [-0.3, -0.25) is 9.59 Å². The molecule has 0 aliphatic rings. The van der Waals surface area contributed by atoms with Gasteiger partial charge >= 0.3 is 0 Å². The van der Waals surface area contributed by atoms with Gasteiger partial charge in [0.15, 0.2) is 17.3 Å². The number of ether oxygens (including phenoxy) is 2. The highest BCUT2D eigenvalue weighted by Crippen LogP contribution is 2.35. The normalized spacial score (nSPS) is 11.7. The van der Waals surface area contributed by atoms with Gasteiger partial charge < -0.3 is 9.47 Å². The van der Waals surface area contributed by atoms with Gasteiger partial charge in [0, 0.05) is 23.5 Å². The van der Waals surface area contributed by atoms with E-state index in [-0.39, 0.29) is 23.9 Å². The average molecular weight is 332 g/mol. The SMILES string of the molecule is C=C(C)CCC(CC(=O)c1ccc(OC)c(OC)c1CC)C(C)=O. The summed E-state index contributed by atoms with van der Waals surface area (Å²) in [6.07, 6.45) is 2.28. The van der Waals surface area contributed by atoms with Crippen molar-refractivity contribution in [2.45, 2.75) is 46.5 Å². The summed E-state index contributed by atoms with van der Waals surface area (Å²) in [6.45, 7) is 9.32. The Morgan fingerprint density at radius 3 is 2.29 bits per heavy atom. The van der Waals surface area contributed by atoms with Gasteiger partial charge in [-0.15, -0.1) is 6.58 Å². The molecule has 0 spiro atoms. The van der Waals surface area contributed by atoms with E-state index in [1.54, 1.807) is 33.3 Å². The fraction of sp³-hybridized carbons (Fsp3) is 0.500. The number of ketones is 2. The third kappa shape index (κ3) is 4.95. The monoisotopic (exact) mass is 332 g/mol. The number of methoxy groups -OCH3 is 2. The number of rotatable bonds is 10. The van der Waals surface area contributed by atoms with Gasteiger partial charge in [-0.25, -0.2) is 0 Å². The van der Waals surface area contributed by atoms with Crippen LogP contribution in [0.25, 0.3) is 0 Å². The molecule has 1 atom stereocenters. The van der Waals surface area contributed by atoms with Crippen LogP contribution in [-0.4, -0.2) is 25.8 Å². The molecule has 1 unspecified atom stereocenters. The second kappa shape index (κ2) is 9.26. The summed E-state index contributed by atoms with van der Waals surface area (Å²) < 4.78 is 10.7. The van der Waals surface area contributed by atoms with Crippen LogP contribution in [0.2, 0.25) is 0 Å². The van der Waals surface area contributed by atoms with Gasteiger partial charge in [0.2, 0.25) is 0 Å². The van der Waals surface area contributed by atoms with E-state index in [9.17, 15) is 9.59 Å². The topological polar surface area (TPSA) is 52.6 Å². The third-order valence-corrected chi connectivity index (χ3v) is 4.23. The maximum atomic E-state index is 12.8. The summed E-state index contributed by atoms with van der Waals surface area (Å²) in [5, 5.41) is 0. The molecule has 0 fully saturated rings. The van der Waals surface area contributed by atoms with E-state index in [0.717, 1.165) is 17.6 Å². The third-order valence-electron chi connectivity index (χ3n) is 4.23. The Morgan fingerprint density at radius 2 is 1.83 bits per heavy atom. The molecule has 0 radical (unpaired) electrons. The molecule has 4 nitrogen and oxygen atoms in total. The predicted octanol–water partition coefficient (Wildman–Crippen LogP) is 4.40. The number of carbonyl (C=O) groups is 2. The molecule has 0 saturated heterocycles. The zero-order valence-electron chi connectivity index (χ0n) is 15.4. The van der Waals surface area contributed by atoms with E-state index in [1.807, 2.05) is 13.8 Å². The summed E-state index contributed by atoms with van der Waals surface area (Å²) in [5.41, 5.74) is 2.45. The van der Waals surface area contributed by atoms with Gasteiger partial charge in [-0.05, 0) is 45.2 Å². The van der Waals surface area contributed by atoms with E-state index in [4.69, 9.17) is 9.47 Å².